The van der Waals surface area contributed by atoms with Crippen LogP contribution in [0.5, 0.6) is 0 Å². The number of hydrogen-bond donors (Lipinski definition) is 2. The van der Waals surface area contributed by atoms with Gasteiger partial charge in [-0.25, -0.2) is 0 Å². The van der Waals surface area contributed by atoms with Gasteiger partial charge in [0, 0.05) is 6.61 Å². The maximum atomic E-state index is 11.6. The second-order valence-corrected chi connectivity index (χ2v) is 4.17. The highest BCUT2D eigenvalue weighted by Crippen LogP contribution is 2.39. The number of amides is 1. The quantitative estimate of drug-likeness (QED) is 0.624. The standard InChI is InChI=1S/C11H22N2O2/c1-3-7-13-11(10(12)14,8-15-4-2)9-5-6-9/h9,13H,3-8H2,1-2H3,(H2,12,14). The van der Waals surface area contributed by atoms with E-state index in [1.807, 2.05) is 6.92 Å². The van der Waals surface area contributed by atoms with E-state index in [-0.39, 0.29) is 5.91 Å². The maximum absolute atomic E-state index is 11.6. The lowest BCUT2D eigenvalue weighted by molar-refractivity contribution is -0.128. The average molecular weight is 214 g/mol. The van der Waals surface area contributed by atoms with Crippen LogP contribution in [-0.4, -0.2) is 31.2 Å². The summed E-state index contributed by atoms with van der Waals surface area (Å²) in [6.07, 6.45) is 3.15. The van der Waals surface area contributed by atoms with Crippen molar-refractivity contribution >= 4 is 5.91 Å². The first-order valence-electron chi connectivity index (χ1n) is 5.80. The zero-order valence-electron chi connectivity index (χ0n) is 9.71. The molecule has 1 rings (SSSR count). The van der Waals surface area contributed by atoms with E-state index < -0.39 is 5.54 Å². The van der Waals surface area contributed by atoms with E-state index in [0.29, 0.717) is 19.1 Å². The van der Waals surface area contributed by atoms with Crippen molar-refractivity contribution in [2.24, 2.45) is 11.7 Å². The highest BCUT2D eigenvalue weighted by atomic mass is 16.5. The molecule has 4 nitrogen and oxygen atoms in total. The zero-order valence-corrected chi connectivity index (χ0v) is 9.71. The van der Waals surface area contributed by atoms with Crippen LogP contribution in [0.25, 0.3) is 0 Å². The monoisotopic (exact) mass is 214 g/mol. The van der Waals surface area contributed by atoms with E-state index in [1.165, 1.54) is 0 Å². The molecule has 1 atom stereocenters. The summed E-state index contributed by atoms with van der Waals surface area (Å²) in [6, 6.07) is 0. The summed E-state index contributed by atoms with van der Waals surface area (Å²) in [4.78, 5) is 11.6. The molecule has 1 unspecified atom stereocenters. The first-order chi connectivity index (χ1) is 7.17. The van der Waals surface area contributed by atoms with E-state index in [9.17, 15) is 4.79 Å². The minimum atomic E-state index is -0.619. The Morgan fingerprint density at radius 3 is 2.60 bits per heavy atom. The Labute approximate surface area is 91.5 Å². The zero-order chi connectivity index (χ0) is 11.3. The van der Waals surface area contributed by atoms with Gasteiger partial charge in [-0.15, -0.1) is 0 Å². The maximum Gasteiger partial charge on any atom is 0.240 e. The molecule has 0 spiro atoms. The van der Waals surface area contributed by atoms with Crippen LogP contribution >= 0.6 is 0 Å². The van der Waals surface area contributed by atoms with E-state index in [0.717, 1.165) is 25.8 Å². The molecule has 1 saturated carbocycles. The Hall–Kier alpha value is -0.610. The SMILES string of the molecule is CCCNC(COCC)(C(N)=O)C1CC1. The molecule has 4 heteroatoms. The van der Waals surface area contributed by atoms with Gasteiger partial charge in [-0.1, -0.05) is 6.92 Å². The summed E-state index contributed by atoms with van der Waals surface area (Å²) in [5.41, 5.74) is 4.89. The largest absolute Gasteiger partial charge is 0.379 e. The lowest BCUT2D eigenvalue weighted by atomic mass is 9.93. The molecule has 0 heterocycles. The molecule has 1 fully saturated rings. The third kappa shape index (κ3) is 2.92. The van der Waals surface area contributed by atoms with Crippen molar-refractivity contribution < 1.29 is 9.53 Å². The van der Waals surface area contributed by atoms with Gasteiger partial charge in [0.1, 0.15) is 5.54 Å². The summed E-state index contributed by atoms with van der Waals surface area (Å²) in [5.74, 6) is 0.0972. The van der Waals surface area contributed by atoms with Gasteiger partial charge in [0.2, 0.25) is 5.91 Å². The van der Waals surface area contributed by atoms with Crippen molar-refractivity contribution in [1.82, 2.24) is 5.32 Å². The van der Waals surface area contributed by atoms with Crippen LogP contribution in [0.15, 0.2) is 0 Å². The fraction of sp³-hybridized carbons (Fsp3) is 0.909. The van der Waals surface area contributed by atoms with Crippen molar-refractivity contribution in [1.29, 1.82) is 0 Å². The van der Waals surface area contributed by atoms with Crippen LogP contribution in [0.2, 0.25) is 0 Å². The van der Waals surface area contributed by atoms with Crippen molar-refractivity contribution in [3.63, 3.8) is 0 Å². The smallest absolute Gasteiger partial charge is 0.240 e. The molecule has 1 amide bonds. The van der Waals surface area contributed by atoms with Gasteiger partial charge >= 0.3 is 0 Å². The summed E-state index contributed by atoms with van der Waals surface area (Å²) >= 11 is 0. The topological polar surface area (TPSA) is 64.3 Å². The summed E-state index contributed by atoms with van der Waals surface area (Å²) in [6.45, 7) is 5.84. The fourth-order valence-electron chi connectivity index (χ4n) is 1.86. The van der Waals surface area contributed by atoms with Gasteiger partial charge in [0.05, 0.1) is 6.61 Å². The van der Waals surface area contributed by atoms with E-state index in [1.54, 1.807) is 0 Å². The van der Waals surface area contributed by atoms with Crippen molar-refractivity contribution in [3.8, 4) is 0 Å². The van der Waals surface area contributed by atoms with Crippen LogP contribution in [0, 0.1) is 5.92 Å². The molecule has 0 aromatic carbocycles. The normalized spacial score (nSPS) is 19.9. The van der Waals surface area contributed by atoms with E-state index in [4.69, 9.17) is 10.5 Å². The molecule has 0 radical (unpaired) electrons. The van der Waals surface area contributed by atoms with Crippen LogP contribution in [0.3, 0.4) is 0 Å². The second-order valence-electron chi connectivity index (χ2n) is 4.17. The molecule has 88 valence electrons. The van der Waals surface area contributed by atoms with Crippen LogP contribution in [0.1, 0.15) is 33.1 Å². The Morgan fingerprint density at radius 2 is 2.20 bits per heavy atom. The molecule has 0 saturated heterocycles. The number of ether oxygens (including phenoxy) is 1. The molecule has 0 aromatic heterocycles. The predicted octanol–water partition coefficient (Wildman–Crippen LogP) is 0.657. The van der Waals surface area contributed by atoms with Gasteiger partial charge in [-0.05, 0) is 38.6 Å². The molecular weight excluding hydrogens is 192 g/mol. The second kappa shape index (κ2) is 5.47. The average Bonchev–Trinajstić information content (AvgIpc) is 3.02. The third-order valence-corrected chi connectivity index (χ3v) is 2.94. The van der Waals surface area contributed by atoms with Crippen LogP contribution < -0.4 is 11.1 Å². The molecule has 0 aliphatic heterocycles. The molecule has 0 aromatic rings. The van der Waals surface area contributed by atoms with E-state index in [2.05, 4.69) is 12.2 Å². The van der Waals surface area contributed by atoms with Gasteiger partial charge in [0.25, 0.3) is 0 Å². The lowest BCUT2D eigenvalue weighted by Crippen LogP contribution is -2.60. The number of carbonyl (C=O) groups is 1. The first kappa shape index (κ1) is 12.5. The number of carbonyl (C=O) groups excluding carboxylic acids is 1. The molecule has 1 aliphatic carbocycles. The minimum absolute atomic E-state index is 0.271. The van der Waals surface area contributed by atoms with Gasteiger partial charge < -0.3 is 15.8 Å². The van der Waals surface area contributed by atoms with Crippen molar-refractivity contribution in [2.75, 3.05) is 19.8 Å². The Bertz CT molecular complexity index is 207. The van der Waals surface area contributed by atoms with Crippen molar-refractivity contribution in [3.05, 3.63) is 0 Å². The van der Waals surface area contributed by atoms with E-state index >= 15 is 0 Å². The predicted molar refractivity (Wildman–Crippen MR) is 59.4 cm³/mol. The number of rotatable bonds is 8. The highest BCUT2D eigenvalue weighted by molar-refractivity contribution is 5.85. The summed E-state index contributed by atoms with van der Waals surface area (Å²) < 4.78 is 5.40. The third-order valence-electron chi connectivity index (χ3n) is 2.94. The molecule has 3 N–H and O–H groups in total. The minimum Gasteiger partial charge on any atom is -0.379 e. The van der Waals surface area contributed by atoms with Gasteiger partial charge in [-0.2, -0.15) is 0 Å². The number of nitrogens with one attached hydrogen (secondary N) is 1. The number of primary amides is 1. The molecule has 0 bridgehead atoms. The van der Waals surface area contributed by atoms with Gasteiger partial charge in [0.15, 0.2) is 0 Å². The molecule has 1 aliphatic rings. The summed E-state index contributed by atoms with van der Waals surface area (Å²) in [5, 5.41) is 3.28. The Morgan fingerprint density at radius 1 is 1.53 bits per heavy atom. The first-order valence-corrected chi connectivity index (χ1v) is 5.80. The Kier molecular flexibility index (Phi) is 4.54. The highest BCUT2D eigenvalue weighted by Gasteiger charge is 2.49. The van der Waals surface area contributed by atoms with Crippen LogP contribution in [-0.2, 0) is 9.53 Å². The fourth-order valence-corrected chi connectivity index (χ4v) is 1.86. The number of hydrogen-bond acceptors (Lipinski definition) is 3. The summed E-state index contributed by atoms with van der Waals surface area (Å²) in [7, 11) is 0. The molecular formula is C11H22N2O2. The lowest BCUT2D eigenvalue weighted by Gasteiger charge is -2.31. The van der Waals surface area contributed by atoms with Crippen molar-refractivity contribution in [2.45, 2.75) is 38.6 Å². The van der Waals surface area contributed by atoms with Crippen LogP contribution in [0.4, 0.5) is 0 Å². The number of nitrogens with two attached hydrogens (primary N) is 1. The Balaban J connectivity index is 2.64. The molecule has 15 heavy (non-hydrogen) atoms. The van der Waals surface area contributed by atoms with Gasteiger partial charge in [-0.3, -0.25) is 4.79 Å².